The van der Waals surface area contributed by atoms with Gasteiger partial charge in [0, 0.05) is 12.3 Å². The first kappa shape index (κ1) is 12.9. The van der Waals surface area contributed by atoms with Gasteiger partial charge in [-0.25, -0.2) is 8.42 Å². The molecule has 0 radical (unpaired) electrons. The smallest absolute Gasteiger partial charge is 0.150 e. The minimum atomic E-state index is -2.89. The number of aliphatic hydroxyl groups is 1. The Kier molecular flexibility index (Phi) is 5.02. The van der Waals surface area contributed by atoms with Gasteiger partial charge in [-0.3, -0.25) is 0 Å². The molecule has 2 atom stereocenters. The summed E-state index contributed by atoms with van der Waals surface area (Å²) in [5, 5.41) is 12.8. The van der Waals surface area contributed by atoms with Crippen LogP contribution in [-0.4, -0.2) is 44.2 Å². The summed E-state index contributed by atoms with van der Waals surface area (Å²) in [6.45, 7) is 3.44. The van der Waals surface area contributed by atoms with Crippen LogP contribution in [0.15, 0.2) is 0 Å². The van der Waals surface area contributed by atoms with Gasteiger partial charge in [0.1, 0.15) is 9.84 Å². The largest absolute Gasteiger partial charge is 0.393 e. The van der Waals surface area contributed by atoms with Crippen LogP contribution in [0.5, 0.6) is 0 Å². The van der Waals surface area contributed by atoms with E-state index in [0.29, 0.717) is 12.8 Å². The minimum absolute atomic E-state index is 0.102. The fraction of sp³-hybridized carbons (Fsp3) is 1.00. The van der Waals surface area contributed by atoms with Gasteiger partial charge in [-0.05, 0) is 31.7 Å². The highest BCUT2D eigenvalue weighted by molar-refractivity contribution is 7.91. The van der Waals surface area contributed by atoms with Crippen molar-refractivity contribution < 1.29 is 13.5 Å². The Morgan fingerprint density at radius 3 is 2.73 bits per heavy atom. The highest BCUT2D eigenvalue weighted by atomic mass is 32.2. The summed E-state index contributed by atoms with van der Waals surface area (Å²) in [5.41, 5.74) is 0. The van der Waals surface area contributed by atoms with Crippen LogP contribution in [0.25, 0.3) is 0 Å². The van der Waals surface area contributed by atoms with Gasteiger partial charge in [0.15, 0.2) is 0 Å². The molecule has 0 aliphatic carbocycles. The number of aliphatic hydroxyl groups excluding tert-OH is 1. The van der Waals surface area contributed by atoms with Crippen LogP contribution in [0, 0.1) is 5.92 Å². The van der Waals surface area contributed by atoms with Crippen LogP contribution in [0.3, 0.4) is 0 Å². The molecule has 0 aromatic carbocycles. The third-order valence-electron chi connectivity index (χ3n) is 2.88. The van der Waals surface area contributed by atoms with Gasteiger partial charge < -0.3 is 10.4 Å². The van der Waals surface area contributed by atoms with Gasteiger partial charge in [0.05, 0.1) is 11.9 Å². The zero-order chi connectivity index (χ0) is 11.3. The van der Waals surface area contributed by atoms with Crippen molar-refractivity contribution in [2.75, 3.05) is 24.6 Å². The van der Waals surface area contributed by atoms with Crippen LogP contribution in [0.2, 0.25) is 0 Å². The summed E-state index contributed by atoms with van der Waals surface area (Å²) in [7, 11) is -2.89. The average Bonchev–Trinajstić information content (AvgIpc) is 2.16. The molecule has 0 spiro atoms. The molecule has 1 aliphatic heterocycles. The maximum Gasteiger partial charge on any atom is 0.150 e. The number of sulfone groups is 1. The van der Waals surface area contributed by atoms with Gasteiger partial charge in [-0.15, -0.1) is 0 Å². The van der Waals surface area contributed by atoms with E-state index in [0.717, 1.165) is 19.5 Å². The lowest BCUT2D eigenvalue weighted by atomic mass is 9.94. The number of hydrogen-bond acceptors (Lipinski definition) is 4. The van der Waals surface area contributed by atoms with E-state index >= 15 is 0 Å². The summed E-state index contributed by atoms with van der Waals surface area (Å²) in [4.78, 5) is 0. The second kappa shape index (κ2) is 5.82. The van der Waals surface area contributed by atoms with Crippen LogP contribution >= 0.6 is 0 Å². The Bertz CT molecular complexity index is 276. The number of piperidine rings is 1. The van der Waals surface area contributed by atoms with Crippen molar-refractivity contribution in [2.45, 2.75) is 32.3 Å². The molecule has 2 N–H and O–H groups in total. The first-order valence-corrected chi connectivity index (χ1v) is 7.46. The lowest BCUT2D eigenvalue weighted by molar-refractivity contribution is 0.0775. The van der Waals surface area contributed by atoms with E-state index in [-0.39, 0.29) is 23.5 Å². The molecule has 90 valence electrons. The number of hydrogen-bond donors (Lipinski definition) is 2. The third-order valence-corrected chi connectivity index (χ3v) is 4.77. The molecular formula is C10H21NO3S. The highest BCUT2D eigenvalue weighted by Gasteiger charge is 2.24. The molecule has 1 heterocycles. The van der Waals surface area contributed by atoms with Gasteiger partial charge in [-0.1, -0.05) is 6.92 Å². The van der Waals surface area contributed by atoms with Crippen molar-refractivity contribution in [3.05, 3.63) is 0 Å². The van der Waals surface area contributed by atoms with Crippen molar-refractivity contribution in [1.82, 2.24) is 5.32 Å². The molecule has 1 saturated heterocycles. The number of rotatable bonds is 5. The second-order valence-corrected chi connectivity index (χ2v) is 6.56. The predicted octanol–water partition coefficient (Wildman–Crippen LogP) is 0.172. The summed E-state index contributed by atoms with van der Waals surface area (Å²) >= 11 is 0. The highest BCUT2D eigenvalue weighted by Crippen LogP contribution is 2.16. The van der Waals surface area contributed by atoms with E-state index in [1.165, 1.54) is 0 Å². The van der Waals surface area contributed by atoms with Gasteiger partial charge >= 0.3 is 0 Å². The van der Waals surface area contributed by atoms with E-state index in [4.69, 9.17) is 0 Å². The Labute approximate surface area is 92.0 Å². The molecule has 1 aliphatic rings. The SMILES string of the molecule is CCCS(=O)(=O)CCC1CNCCC1O. The first-order valence-electron chi connectivity index (χ1n) is 5.64. The zero-order valence-electron chi connectivity index (χ0n) is 9.28. The van der Waals surface area contributed by atoms with Crippen molar-refractivity contribution in [2.24, 2.45) is 5.92 Å². The van der Waals surface area contributed by atoms with E-state index < -0.39 is 9.84 Å². The predicted molar refractivity (Wildman–Crippen MR) is 60.5 cm³/mol. The molecule has 0 bridgehead atoms. The van der Waals surface area contributed by atoms with Gasteiger partial charge in [0.25, 0.3) is 0 Å². The quantitative estimate of drug-likeness (QED) is 0.713. The second-order valence-electron chi connectivity index (χ2n) is 4.26. The van der Waals surface area contributed by atoms with Crippen molar-refractivity contribution in [1.29, 1.82) is 0 Å². The van der Waals surface area contributed by atoms with Crippen LogP contribution < -0.4 is 5.32 Å². The van der Waals surface area contributed by atoms with E-state index in [9.17, 15) is 13.5 Å². The normalized spacial score (nSPS) is 27.9. The van der Waals surface area contributed by atoms with Crippen LogP contribution in [-0.2, 0) is 9.84 Å². The summed E-state index contributed by atoms with van der Waals surface area (Å²) in [5.74, 6) is 0.582. The maximum atomic E-state index is 11.5. The Hall–Kier alpha value is -0.130. The lowest BCUT2D eigenvalue weighted by Crippen LogP contribution is -2.40. The molecule has 5 heteroatoms. The van der Waals surface area contributed by atoms with Crippen molar-refractivity contribution >= 4 is 9.84 Å². The fourth-order valence-corrected chi connectivity index (χ4v) is 3.44. The Morgan fingerprint density at radius 2 is 2.13 bits per heavy atom. The first-order chi connectivity index (χ1) is 7.05. The molecule has 4 nitrogen and oxygen atoms in total. The molecule has 0 saturated carbocycles. The lowest BCUT2D eigenvalue weighted by Gasteiger charge is -2.28. The standard InChI is InChI=1S/C10H21NO3S/c1-2-6-15(13,14)7-4-9-8-11-5-3-10(9)12/h9-12H,2-8H2,1H3. The molecule has 1 rings (SSSR count). The van der Waals surface area contributed by atoms with Crippen molar-refractivity contribution in [3.8, 4) is 0 Å². The summed E-state index contributed by atoms with van der Waals surface area (Å²) in [6.07, 6.45) is 1.66. The summed E-state index contributed by atoms with van der Waals surface area (Å²) in [6, 6.07) is 0. The van der Waals surface area contributed by atoms with Crippen LogP contribution in [0.1, 0.15) is 26.2 Å². The maximum absolute atomic E-state index is 11.5. The molecule has 15 heavy (non-hydrogen) atoms. The zero-order valence-corrected chi connectivity index (χ0v) is 10.1. The average molecular weight is 235 g/mol. The van der Waals surface area contributed by atoms with Crippen molar-refractivity contribution in [3.63, 3.8) is 0 Å². The topological polar surface area (TPSA) is 66.4 Å². The third kappa shape index (κ3) is 4.49. The molecule has 0 aromatic heterocycles. The van der Waals surface area contributed by atoms with Crippen LogP contribution in [0.4, 0.5) is 0 Å². The van der Waals surface area contributed by atoms with E-state index in [1.807, 2.05) is 6.92 Å². The van der Waals surface area contributed by atoms with Gasteiger partial charge in [0.2, 0.25) is 0 Å². The molecule has 0 aromatic rings. The molecule has 1 fully saturated rings. The van der Waals surface area contributed by atoms with E-state index in [2.05, 4.69) is 5.32 Å². The summed E-state index contributed by atoms with van der Waals surface area (Å²) < 4.78 is 23.0. The van der Waals surface area contributed by atoms with E-state index in [1.54, 1.807) is 0 Å². The monoisotopic (exact) mass is 235 g/mol. The molecule has 0 amide bonds. The Balaban J connectivity index is 2.35. The van der Waals surface area contributed by atoms with Gasteiger partial charge in [-0.2, -0.15) is 0 Å². The Morgan fingerprint density at radius 1 is 1.40 bits per heavy atom. The number of nitrogens with one attached hydrogen (secondary N) is 1. The fourth-order valence-electron chi connectivity index (χ4n) is 1.95. The molecular weight excluding hydrogens is 214 g/mol. The molecule has 2 unspecified atom stereocenters. The minimum Gasteiger partial charge on any atom is -0.393 e.